The molecule has 5 N–H and O–H groups in total. The average Bonchev–Trinajstić information content (AvgIpc) is 2.54. The molecular weight excluding hydrogens is 312 g/mol. The van der Waals surface area contributed by atoms with Crippen LogP contribution in [0.15, 0.2) is 0 Å². The summed E-state index contributed by atoms with van der Waals surface area (Å²) in [6.07, 6.45) is -9.81. The third-order valence-corrected chi connectivity index (χ3v) is 4.47. The summed E-state index contributed by atoms with van der Waals surface area (Å²) in [7, 11) is 1.43. The standard InChI is InChI=1S/C14H26O9/c1-5-8(15)10(17)7(23-13(5)20-3)4-21-14-12(19)11(18)9(16)6(2)22-14/h5-19H,4H2,1-3H3. The predicted molar refractivity (Wildman–Crippen MR) is 75.2 cm³/mol. The van der Waals surface area contributed by atoms with Crippen LogP contribution >= 0.6 is 0 Å². The van der Waals surface area contributed by atoms with Crippen molar-refractivity contribution in [2.45, 2.75) is 69.2 Å². The van der Waals surface area contributed by atoms with E-state index in [0.717, 1.165) is 0 Å². The summed E-state index contributed by atoms with van der Waals surface area (Å²) in [6, 6.07) is 0. The number of hydrogen-bond acceptors (Lipinski definition) is 9. The highest BCUT2D eigenvalue weighted by atomic mass is 16.7. The predicted octanol–water partition coefficient (Wildman–Crippen LogP) is -2.44. The summed E-state index contributed by atoms with van der Waals surface area (Å²) in [4.78, 5) is 0. The van der Waals surface area contributed by atoms with E-state index in [4.69, 9.17) is 18.9 Å². The minimum Gasteiger partial charge on any atom is -0.390 e. The van der Waals surface area contributed by atoms with Gasteiger partial charge in [0.1, 0.15) is 30.5 Å². The molecule has 2 aliphatic rings. The van der Waals surface area contributed by atoms with E-state index in [1.165, 1.54) is 14.0 Å². The number of ether oxygens (including phenoxy) is 4. The van der Waals surface area contributed by atoms with Gasteiger partial charge in [-0.25, -0.2) is 0 Å². The van der Waals surface area contributed by atoms with E-state index in [1.807, 2.05) is 0 Å². The molecule has 9 heteroatoms. The minimum absolute atomic E-state index is 0.192. The summed E-state index contributed by atoms with van der Waals surface area (Å²) in [5, 5.41) is 49.3. The molecule has 0 aromatic carbocycles. The van der Waals surface area contributed by atoms with Gasteiger partial charge < -0.3 is 44.5 Å². The lowest BCUT2D eigenvalue weighted by Crippen LogP contribution is -2.59. The van der Waals surface area contributed by atoms with Crippen LogP contribution in [0.5, 0.6) is 0 Å². The lowest BCUT2D eigenvalue weighted by atomic mass is 9.92. The second kappa shape index (κ2) is 7.68. The smallest absolute Gasteiger partial charge is 0.186 e. The van der Waals surface area contributed by atoms with Gasteiger partial charge in [0.2, 0.25) is 0 Å². The highest BCUT2D eigenvalue weighted by Crippen LogP contribution is 2.28. The van der Waals surface area contributed by atoms with Crippen LogP contribution in [0.2, 0.25) is 0 Å². The van der Waals surface area contributed by atoms with Crippen molar-refractivity contribution in [1.82, 2.24) is 0 Å². The molecule has 10 atom stereocenters. The van der Waals surface area contributed by atoms with Gasteiger partial charge in [-0.1, -0.05) is 6.92 Å². The molecule has 0 aromatic heterocycles. The zero-order valence-electron chi connectivity index (χ0n) is 13.3. The molecule has 0 aromatic rings. The summed E-state index contributed by atoms with van der Waals surface area (Å²) in [5.74, 6) is -0.417. The van der Waals surface area contributed by atoms with E-state index in [9.17, 15) is 25.5 Å². The Morgan fingerprint density at radius 3 is 2.04 bits per heavy atom. The number of hydrogen-bond donors (Lipinski definition) is 5. The quantitative estimate of drug-likeness (QED) is 0.378. The molecule has 2 rings (SSSR count). The topological polar surface area (TPSA) is 138 Å². The van der Waals surface area contributed by atoms with E-state index < -0.39 is 61.2 Å². The average molecular weight is 338 g/mol. The molecular formula is C14H26O9. The molecule has 0 saturated carbocycles. The highest BCUT2D eigenvalue weighted by Gasteiger charge is 2.45. The second-order valence-electron chi connectivity index (χ2n) is 6.13. The van der Waals surface area contributed by atoms with Crippen LogP contribution in [0.4, 0.5) is 0 Å². The lowest BCUT2D eigenvalue weighted by molar-refractivity contribution is -0.318. The Hall–Kier alpha value is -0.360. The lowest BCUT2D eigenvalue weighted by Gasteiger charge is -2.42. The Balaban J connectivity index is 1.94. The van der Waals surface area contributed by atoms with Gasteiger partial charge in [0, 0.05) is 13.0 Å². The minimum atomic E-state index is -1.44. The normalized spacial score (nSPS) is 51.7. The molecule has 2 fully saturated rings. The van der Waals surface area contributed by atoms with Crippen molar-refractivity contribution in [1.29, 1.82) is 0 Å². The van der Waals surface area contributed by atoms with Crippen LogP contribution in [-0.4, -0.2) is 94.6 Å². The van der Waals surface area contributed by atoms with E-state index in [-0.39, 0.29) is 6.61 Å². The first-order valence-corrected chi connectivity index (χ1v) is 7.63. The van der Waals surface area contributed by atoms with E-state index in [0.29, 0.717) is 0 Å². The Morgan fingerprint density at radius 1 is 0.783 bits per heavy atom. The number of rotatable bonds is 4. The van der Waals surface area contributed by atoms with Crippen LogP contribution in [0.1, 0.15) is 13.8 Å². The maximum atomic E-state index is 10.1. The third kappa shape index (κ3) is 3.84. The van der Waals surface area contributed by atoms with Gasteiger partial charge in [-0.15, -0.1) is 0 Å². The number of aliphatic hydroxyl groups excluding tert-OH is 5. The first kappa shape index (κ1) is 19.0. The van der Waals surface area contributed by atoms with Crippen LogP contribution in [0.3, 0.4) is 0 Å². The van der Waals surface area contributed by atoms with E-state index in [2.05, 4.69) is 0 Å². The zero-order valence-corrected chi connectivity index (χ0v) is 13.3. The third-order valence-electron chi connectivity index (χ3n) is 4.47. The van der Waals surface area contributed by atoms with Crippen molar-refractivity contribution in [3.05, 3.63) is 0 Å². The van der Waals surface area contributed by atoms with Crippen molar-refractivity contribution in [3.63, 3.8) is 0 Å². The largest absolute Gasteiger partial charge is 0.390 e. The van der Waals surface area contributed by atoms with Gasteiger partial charge in [-0.2, -0.15) is 0 Å². The summed E-state index contributed by atoms with van der Waals surface area (Å²) in [5.41, 5.74) is 0. The highest BCUT2D eigenvalue weighted by molar-refractivity contribution is 4.89. The fourth-order valence-corrected chi connectivity index (χ4v) is 2.82. The van der Waals surface area contributed by atoms with Gasteiger partial charge in [0.05, 0.1) is 18.8 Å². The van der Waals surface area contributed by atoms with Crippen LogP contribution in [0.25, 0.3) is 0 Å². The van der Waals surface area contributed by atoms with Crippen LogP contribution in [-0.2, 0) is 18.9 Å². The zero-order chi connectivity index (χ0) is 17.3. The van der Waals surface area contributed by atoms with Crippen molar-refractivity contribution < 1.29 is 44.5 Å². The molecule has 2 saturated heterocycles. The molecule has 23 heavy (non-hydrogen) atoms. The van der Waals surface area contributed by atoms with Crippen molar-refractivity contribution >= 4 is 0 Å². The summed E-state index contributed by atoms with van der Waals surface area (Å²) in [6.45, 7) is 3.03. The van der Waals surface area contributed by atoms with Crippen molar-refractivity contribution in [3.8, 4) is 0 Å². The van der Waals surface area contributed by atoms with Gasteiger partial charge in [0.25, 0.3) is 0 Å². The maximum absolute atomic E-state index is 10.1. The molecule has 2 aliphatic heterocycles. The maximum Gasteiger partial charge on any atom is 0.186 e. The first-order chi connectivity index (χ1) is 10.8. The molecule has 0 radical (unpaired) electrons. The van der Waals surface area contributed by atoms with E-state index >= 15 is 0 Å². The Bertz CT molecular complexity index is 379. The fraction of sp³-hybridized carbons (Fsp3) is 1.00. The van der Waals surface area contributed by atoms with Crippen LogP contribution in [0, 0.1) is 5.92 Å². The molecule has 0 spiro atoms. The molecule has 10 unspecified atom stereocenters. The second-order valence-corrected chi connectivity index (χ2v) is 6.13. The van der Waals surface area contributed by atoms with Gasteiger partial charge in [-0.05, 0) is 6.92 Å². The van der Waals surface area contributed by atoms with Gasteiger partial charge in [-0.3, -0.25) is 0 Å². The van der Waals surface area contributed by atoms with Crippen molar-refractivity contribution in [2.24, 2.45) is 5.92 Å². The molecule has 0 bridgehead atoms. The molecule has 0 aliphatic carbocycles. The molecule has 136 valence electrons. The van der Waals surface area contributed by atoms with Crippen LogP contribution < -0.4 is 0 Å². The first-order valence-electron chi connectivity index (χ1n) is 7.63. The number of methoxy groups -OCH3 is 1. The SMILES string of the molecule is COC1OC(COC2OC(C)C(O)C(O)C2O)C(O)C(O)C1C. The molecule has 0 amide bonds. The van der Waals surface area contributed by atoms with Gasteiger partial charge >= 0.3 is 0 Å². The summed E-state index contributed by atoms with van der Waals surface area (Å²) >= 11 is 0. The Kier molecular flexibility index (Phi) is 6.34. The Labute approximate surface area is 134 Å². The van der Waals surface area contributed by atoms with Crippen molar-refractivity contribution in [2.75, 3.05) is 13.7 Å². The monoisotopic (exact) mass is 338 g/mol. The molecule has 2 heterocycles. The molecule has 9 nitrogen and oxygen atoms in total. The van der Waals surface area contributed by atoms with E-state index in [1.54, 1.807) is 6.92 Å². The Morgan fingerprint density at radius 2 is 1.43 bits per heavy atom. The van der Waals surface area contributed by atoms with Gasteiger partial charge in [0.15, 0.2) is 12.6 Å². The fourth-order valence-electron chi connectivity index (χ4n) is 2.82. The summed E-state index contributed by atoms with van der Waals surface area (Å²) < 4.78 is 21.3. The number of aliphatic hydroxyl groups is 5.